The zero-order valence-corrected chi connectivity index (χ0v) is 24.2. The topological polar surface area (TPSA) is 78.6 Å². The van der Waals surface area contributed by atoms with Crippen molar-refractivity contribution in [2.45, 2.75) is 52.2 Å². The van der Waals surface area contributed by atoms with Crippen molar-refractivity contribution in [3.8, 4) is 5.75 Å². The first-order valence-corrected chi connectivity index (χ1v) is 14.1. The van der Waals surface area contributed by atoms with Gasteiger partial charge in [0.2, 0.25) is 0 Å². The van der Waals surface area contributed by atoms with Crippen molar-refractivity contribution >= 4 is 11.9 Å². The van der Waals surface area contributed by atoms with Crippen LogP contribution in [0.3, 0.4) is 0 Å². The van der Waals surface area contributed by atoms with Crippen LogP contribution in [-0.4, -0.2) is 17.5 Å². The van der Waals surface area contributed by atoms with Gasteiger partial charge in [-0.1, -0.05) is 100 Å². The fourth-order valence-electron chi connectivity index (χ4n) is 5.18. The summed E-state index contributed by atoms with van der Waals surface area (Å²) in [5.74, 6) is -0.131. The number of rotatable bonds is 11. The van der Waals surface area contributed by atoms with E-state index in [-0.39, 0.29) is 24.4 Å². The number of carbonyl (C=O) groups is 2. The van der Waals surface area contributed by atoms with Gasteiger partial charge in [0.1, 0.15) is 12.4 Å². The van der Waals surface area contributed by atoms with Gasteiger partial charge in [0, 0.05) is 17.0 Å². The van der Waals surface area contributed by atoms with E-state index in [0.29, 0.717) is 23.3 Å². The average molecular weight is 550 g/mol. The quantitative estimate of drug-likeness (QED) is 0.153. The third-order valence-corrected chi connectivity index (χ3v) is 7.95. The molecule has 1 atom stereocenters. The van der Waals surface area contributed by atoms with Crippen molar-refractivity contribution < 1.29 is 19.1 Å². The van der Waals surface area contributed by atoms with Gasteiger partial charge in [0.25, 0.3) is 0 Å². The van der Waals surface area contributed by atoms with E-state index in [1.807, 2.05) is 54.6 Å². The Morgan fingerprint density at radius 3 is 1.76 bits per heavy atom. The molecular formula is C36H39NO4. The molecule has 0 fully saturated rings. The Hall–Kier alpha value is -4.22. The number of carbonyl (C=O) groups excluding carboxylic acids is 2. The molecule has 0 heterocycles. The zero-order valence-electron chi connectivity index (χ0n) is 24.2. The molecule has 212 valence electrons. The van der Waals surface area contributed by atoms with Crippen LogP contribution >= 0.6 is 0 Å². The van der Waals surface area contributed by atoms with E-state index in [4.69, 9.17) is 15.2 Å². The van der Waals surface area contributed by atoms with E-state index >= 15 is 0 Å². The van der Waals surface area contributed by atoms with Crippen LogP contribution in [0.15, 0.2) is 109 Å². The monoisotopic (exact) mass is 549 g/mol. The molecule has 0 aromatic heterocycles. The van der Waals surface area contributed by atoms with Crippen molar-refractivity contribution in [3.05, 3.63) is 137 Å². The van der Waals surface area contributed by atoms with E-state index in [2.05, 4.69) is 39.8 Å². The van der Waals surface area contributed by atoms with Crippen molar-refractivity contribution in [2.24, 2.45) is 17.6 Å². The molecule has 0 bridgehead atoms. The minimum absolute atomic E-state index is 0.0806. The third-order valence-electron chi connectivity index (χ3n) is 7.95. The maximum atomic E-state index is 13.2. The second-order valence-corrected chi connectivity index (χ2v) is 11.2. The number of benzene rings is 4. The first-order valence-electron chi connectivity index (χ1n) is 14.1. The molecule has 4 aromatic rings. The van der Waals surface area contributed by atoms with Crippen molar-refractivity contribution in [3.63, 3.8) is 0 Å². The Bertz CT molecular complexity index is 1420. The molecule has 4 aromatic carbocycles. The summed E-state index contributed by atoms with van der Waals surface area (Å²) >= 11 is 0. The minimum atomic E-state index is -0.489. The van der Waals surface area contributed by atoms with Gasteiger partial charge in [-0.2, -0.15) is 0 Å². The second kappa shape index (κ2) is 13.4. The third kappa shape index (κ3) is 7.30. The van der Waals surface area contributed by atoms with E-state index < -0.39 is 17.5 Å². The summed E-state index contributed by atoms with van der Waals surface area (Å²) in [5.41, 5.74) is 10.3. The van der Waals surface area contributed by atoms with Crippen molar-refractivity contribution in [1.29, 1.82) is 0 Å². The van der Waals surface area contributed by atoms with E-state index in [1.54, 1.807) is 42.5 Å². The fraction of sp³-hybridized carbons (Fsp3) is 0.278. The molecule has 4 rings (SSSR count). The van der Waals surface area contributed by atoms with Gasteiger partial charge in [-0.05, 0) is 65.8 Å². The van der Waals surface area contributed by atoms with Crippen molar-refractivity contribution in [2.75, 3.05) is 0 Å². The summed E-state index contributed by atoms with van der Waals surface area (Å²) in [6.07, 6.45) is 0.634. The first-order chi connectivity index (χ1) is 19.7. The Labute approximate surface area is 243 Å². The molecule has 0 saturated heterocycles. The maximum absolute atomic E-state index is 13.2. The van der Waals surface area contributed by atoms with Gasteiger partial charge in [-0.15, -0.1) is 0 Å². The molecule has 2 N–H and O–H groups in total. The Morgan fingerprint density at radius 1 is 0.707 bits per heavy atom. The lowest BCUT2D eigenvalue weighted by Gasteiger charge is -2.41. The molecule has 5 heteroatoms. The lowest BCUT2D eigenvalue weighted by atomic mass is 9.69. The minimum Gasteiger partial charge on any atom is -0.457 e. The Morgan fingerprint density at radius 2 is 1.22 bits per heavy atom. The summed E-state index contributed by atoms with van der Waals surface area (Å²) in [4.78, 5) is 25.8. The molecule has 0 aliphatic carbocycles. The number of hydrogen-bond acceptors (Lipinski definition) is 5. The van der Waals surface area contributed by atoms with Crippen molar-refractivity contribution in [1.82, 2.24) is 0 Å². The predicted molar refractivity (Wildman–Crippen MR) is 163 cm³/mol. The molecule has 0 amide bonds. The highest BCUT2D eigenvalue weighted by atomic mass is 16.5. The van der Waals surface area contributed by atoms with Crippen LogP contribution in [-0.2, 0) is 11.3 Å². The summed E-state index contributed by atoms with van der Waals surface area (Å²) in [7, 11) is 0. The van der Waals surface area contributed by atoms with Crippen LogP contribution in [0.5, 0.6) is 5.75 Å². The number of ether oxygens (including phenoxy) is 2. The van der Waals surface area contributed by atoms with Crippen LogP contribution in [0.4, 0.5) is 0 Å². The largest absolute Gasteiger partial charge is 0.457 e. The summed E-state index contributed by atoms with van der Waals surface area (Å²) in [5, 5.41) is 0. The molecule has 0 aliphatic rings. The van der Waals surface area contributed by atoms with Gasteiger partial charge in [0.05, 0.1) is 11.1 Å². The SMILES string of the molecule is CC(C)C(N)(CC(c1ccccc1)c1cc(COC(=O)c2ccccc2)ccc1OC(=O)c1ccccc1)C(C)C. The van der Waals surface area contributed by atoms with Gasteiger partial charge in [-0.3, -0.25) is 0 Å². The highest BCUT2D eigenvalue weighted by Crippen LogP contribution is 2.42. The maximum Gasteiger partial charge on any atom is 0.343 e. The highest BCUT2D eigenvalue weighted by Gasteiger charge is 2.37. The van der Waals surface area contributed by atoms with E-state index in [9.17, 15) is 9.59 Å². The molecule has 5 nitrogen and oxygen atoms in total. The molecule has 0 aliphatic heterocycles. The lowest BCUT2D eigenvalue weighted by molar-refractivity contribution is 0.0472. The van der Waals surface area contributed by atoms with Crippen LogP contribution < -0.4 is 10.5 Å². The molecule has 0 radical (unpaired) electrons. The van der Waals surface area contributed by atoms with E-state index in [1.165, 1.54) is 0 Å². The zero-order chi connectivity index (χ0) is 29.4. The molecule has 1 unspecified atom stereocenters. The first kappa shape index (κ1) is 29.8. The number of hydrogen-bond donors (Lipinski definition) is 1. The van der Waals surface area contributed by atoms with Gasteiger partial charge in [0.15, 0.2) is 0 Å². The second-order valence-electron chi connectivity index (χ2n) is 11.2. The highest BCUT2D eigenvalue weighted by molar-refractivity contribution is 5.91. The molecule has 41 heavy (non-hydrogen) atoms. The van der Waals surface area contributed by atoms with Crippen LogP contribution in [0, 0.1) is 11.8 Å². The standard InChI is InChI=1S/C36H39NO4/c1-25(2)36(37,26(3)4)23-32(28-14-8-5-9-15-28)31-22-27(24-40-34(38)29-16-10-6-11-17-29)20-21-33(31)41-35(39)30-18-12-7-13-19-30/h5-22,25-26,32H,23-24,37H2,1-4H3. The predicted octanol–water partition coefficient (Wildman–Crippen LogP) is 7.79. The molecular weight excluding hydrogens is 510 g/mol. The van der Waals surface area contributed by atoms with Crippen LogP contribution in [0.2, 0.25) is 0 Å². The fourth-order valence-corrected chi connectivity index (χ4v) is 5.18. The number of nitrogens with two attached hydrogens (primary N) is 1. The summed E-state index contributed by atoms with van der Waals surface area (Å²) in [6, 6.07) is 33.6. The van der Waals surface area contributed by atoms with Crippen LogP contribution in [0.25, 0.3) is 0 Å². The Balaban J connectivity index is 1.76. The lowest BCUT2D eigenvalue weighted by Crippen LogP contribution is -2.51. The average Bonchev–Trinajstić information content (AvgIpc) is 3.00. The van der Waals surface area contributed by atoms with Crippen LogP contribution in [0.1, 0.15) is 77.4 Å². The molecule has 0 saturated carbocycles. The summed E-state index contributed by atoms with van der Waals surface area (Å²) < 4.78 is 11.7. The normalized spacial score (nSPS) is 12.3. The van der Waals surface area contributed by atoms with E-state index in [0.717, 1.165) is 16.7 Å². The van der Waals surface area contributed by atoms with Gasteiger partial charge >= 0.3 is 11.9 Å². The van der Waals surface area contributed by atoms with Gasteiger partial charge < -0.3 is 15.2 Å². The number of esters is 2. The molecule has 0 spiro atoms. The summed E-state index contributed by atoms with van der Waals surface area (Å²) in [6.45, 7) is 8.68. The Kier molecular flexibility index (Phi) is 9.74. The smallest absolute Gasteiger partial charge is 0.343 e. The van der Waals surface area contributed by atoms with Gasteiger partial charge in [-0.25, -0.2) is 9.59 Å².